The fraction of sp³-hybridized carbons (Fsp3) is 0.875. The summed E-state index contributed by atoms with van der Waals surface area (Å²) in [6, 6.07) is 0. The Morgan fingerprint density at radius 3 is 2.18 bits per heavy atom. The summed E-state index contributed by atoms with van der Waals surface area (Å²) in [5, 5.41) is 2.98. The molecule has 11 heavy (non-hydrogen) atoms. The minimum atomic E-state index is 0.177. The molecular weight excluding hydrogens is 140 g/mol. The number of nitrogens with zero attached hydrogens (tertiary/aromatic N) is 1. The summed E-state index contributed by atoms with van der Waals surface area (Å²) in [7, 11) is 0. The molecule has 3 saturated heterocycles. The zero-order valence-electron chi connectivity index (χ0n) is 6.68. The maximum atomic E-state index is 10.3. The molecule has 0 saturated carbocycles. The Labute approximate surface area is 66.8 Å². The SMILES string of the molecule is O=CNC12CCN(CC1)CC2. The van der Waals surface area contributed by atoms with Gasteiger partial charge in [-0.2, -0.15) is 0 Å². The van der Waals surface area contributed by atoms with Gasteiger partial charge in [0, 0.05) is 25.2 Å². The largest absolute Gasteiger partial charge is 0.353 e. The number of rotatable bonds is 2. The normalized spacial score (nSPS) is 42.0. The van der Waals surface area contributed by atoms with Gasteiger partial charge in [0.25, 0.3) is 0 Å². The Morgan fingerprint density at radius 2 is 1.73 bits per heavy atom. The molecule has 1 N–H and O–H groups in total. The lowest BCUT2D eigenvalue weighted by molar-refractivity contribution is -0.112. The summed E-state index contributed by atoms with van der Waals surface area (Å²) in [5.74, 6) is 0. The van der Waals surface area contributed by atoms with Gasteiger partial charge in [-0.25, -0.2) is 0 Å². The highest BCUT2D eigenvalue weighted by atomic mass is 16.1. The van der Waals surface area contributed by atoms with Crippen LogP contribution in [-0.4, -0.2) is 36.5 Å². The molecule has 0 aromatic heterocycles. The summed E-state index contributed by atoms with van der Waals surface area (Å²) in [4.78, 5) is 12.8. The first-order valence-electron chi connectivity index (χ1n) is 4.28. The Morgan fingerprint density at radius 1 is 1.18 bits per heavy atom. The highest BCUT2D eigenvalue weighted by Gasteiger charge is 2.38. The minimum absolute atomic E-state index is 0.177. The van der Waals surface area contributed by atoms with Crippen molar-refractivity contribution in [3.63, 3.8) is 0 Å². The lowest BCUT2D eigenvalue weighted by Crippen LogP contribution is -2.59. The van der Waals surface area contributed by atoms with Crippen LogP contribution < -0.4 is 5.32 Å². The van der Waals surface area contributed by atoms with Crippen molar-refractivity contribution in [3.8, 4) is 0 Å². The third-order valence-corrected chi connectivity index (χ3v) is 3.08. The molecular formula is C8H14N2O. The van der Waals surface area contributed by atoms with Crippen LogP contribution >= 0.6 is 0 Å². The number of hydrogen-bond donors (Lipinski definition) is 1. The van der Waals surface area contributed by atoms with E-state index in [0.717, 1.165) is 25.7 Å². The smallest absolute Gasteiger partial charge is 0.207 e. The van der Waals surface area contributed by atoms with E-state index in [9.17, 15) is 4.79 Å². The third-order valence-electron chi connectivity index (χ3n) is 3.08. The lowest BCUT2D eigenvalue weighted by Gasteiger charge is -2.48. The van der Waals surface area contributed by atoms with E-state index in [1.165, 1.54) is 19.6 Å². The van der Waals surface area contributed by atoms with Crippen molar-refractivity contribution >= 4 is 6.41 Å². The van der Waals surface area contributed by atoms with Crippen molar-refractivity contribution in [1.29, 1.82) is 0 Å². The molecule has 0 spiro atoms. The molecule has 3 aliphatic rings. The maximum Gasteiger partial charge on any atom is 0.207 e. The van der Waals surface area contributed by atoms with Crippen molar-refractivity contribution in [2.75, 3.05) is 19.6 Å². The number of piperidine rings is 3. The van der Waals surface area contributed by atoms with Crippen molar-refractivity contribution < 1.29 is 4.79 Å². The van der Waals surface area contributed by atoms with E-state index in [2.05, 4.69) is 10.2 Å². The molecule has 2 bridgehead atoms. The Bertz CT molecular complexity index is 148. The molecule has 1 amide bonds. The van der Waals surface area contributed by atoms with Crippen LogP contribution in [-0.2, 0) is 4.79 Å². The summed E-state index contributed by atoms with van der Waals surface area (Å²) < 4.78 is 0. The fourth-order valence-corrected chi connectivity index (χ4v) is 2.17. The first-order chi connectivity index (χ1) is 5.35. The molecule has 0 aromatic carbocycles. The molecule has 0 atom stereocenters. The van der Waals surface area contributed by atoms with Gasteiger partial charge >= 0.3 is 0 Å². The molecule has 0 radical (unpaired) electrons. The van der Waals surface area contributed by atoms with Crippen molar-refractivity contribution in [1.82, 2.24) is 10.2 Å². The average Bonchev–Trinajstić information content (AvgIpc) is 2.07. The van der Waals surface area contributed by atoms with E-state index in [1.807, 2.05) is 0 Å². The highest BCUT2D eigenvalue weighted by Crippen LogP contribution is 2.30. The second-order valence-electron chi connectivity index (χ2n) is 3.63. The van der Waals surface area contributed by atoms with Crippen molar-refractivity contribution in [2.45, 2.75) is 24.8 Å². The van der Waals surface area contributed by atoms with E-state index >= 15 is 0 Å². The fourth-order valence-electron chi connectivity index (χ4n) is 2.17. The number of nitrogens with one attached hydrogen (secondary N) is 1. The average molecular weight is 154 g/mol. The Hall–Kier alpha value is -0.570. The van der Waals surface area contributed by atoms with Crippen LogP contribution in [0.25, 0.3) is 0 Å². The van der Waals surface area contributed by atoms with Crippen molar-refractivity contribution in [2.24, 2.45) is 0 Å². The van der Waals surface area contributed by atoms with E-state index in [1.54, 1.807) is 0 Å². The van der Waals surface area contributed by atoms with Crippen LogP contribution in [0.5, 0.6) is 0 Å². The van der Waals surface area contributed by atoms with Gasteiger partial charge in [-0.15, -0.1) is 0 Å². The molecule has 3 aliphatic heterocycles. The number of amides is 1. The van der Waals surface area contributed by atoms with Gasteiger partial charge in [0.05, 0.1) is 0 Å². The van der Waals surface area contributed by atoms with Crippen LogP contribution in [0.4, 0.5) is 0 Å². The Kier molecular flexibility index (Phi) is 1.60. The van der Waals surface area contributed by atoms with E-state index < -0.39 is 0 Å². The van der Waals surface area contributed by atoms with Crippen LogP contribution in [0.2, 0.25) is 0 Å². The van der Waals surface area contributed by atoms with Gasteiger partial charge < -0.3 is 10.2 Å². The van der Waals surface area contributed by atoms with Gasteiger partial charge in [0.1, 0.15) is 0 Å². The molecule has 0 aliphatic carbocycles. The summed E-state index contributed by atoms with van der Waals surface area (Å²) in [6.45, 7) is 3.50. The number of carbonyl (C=O) groups is 1. The molecule has 0 unspecified atom stereocenters. The van der Waals surface area contributed by atoms with Gasteiger partial charge in [0.2, 0.25) is 6.41 Å². The van der Waals surface area contributed by atoms with E-state index in [4.69, 9.17) is 0 Å². The van der Waals surface area contributed by atoms with Crippen LogP contribution in [0.1, 0.15) is 19.3 Å². The topological polar surface area (TPSA) is 32.3 Å². The second kappa shape index (κ2) is 2.48. The third kappa shape index (κ3) is 1.13. The molecule has 3 heterocycles. The summed E-state index contributed by atoms with van der Waals surface area (Å²) >= 11 is 0. The number of hydrogen-bond acceptors (Lipinski definition) is 2. The summed E-state index contributed by atoms with van der Waals surface area (Å²) in [6.07, 6.45) is 4.30. The van der Waals surface area contributed by atoms with Crippen LogP contribution in [0, 0.1) is 0 Å². The predicted molar refractivity (Wildman–Crippen MR) is 42.2 cm³/mol. The Balaban J connectivity index is 2.05. The monoisotopic (exact) mass is 154 g/mol. The van der Waals surface area contributed by atoms with Crippen LogP contribution in [0.15, 0.2) is 0 Å². The quantitative estimate of drug-likeness (QED) is 0.566. The molecule has 3 rings (SSSR count). The van der Waals surface area contributed by atoms with Gasteiger partial charge in [-0.1, -0.05) is 0 Å². The predicted octanol–water partition coefficient (Wildman–Crippen LogP) is -0.0293. The zero-order chi connectivity index (χ0) is 7.73. The molecule has 62 valence electrons. The van der Waals surface area contributed by atoms with Gasteiger partial charge in [0.15, 0.2) is 0 Å². The number of carbonyl (C=O) groups excluding carboxylic acids is 1. The summed E-state index contributed by atoms with van der Waals surface area (Å²) in [5.41, 5.74) is 0.177. The number of fused-ring (bicyclic) bond motifs is 3. The van der Waals surface area contributed by atoms with Gasteiger partial charge in [-0.3, -0.25) is 4.79 Å². The first kappa shape index (κ1) is 7.10. The van der Waals surface area contributed by atoms with Crippen LogP contribution in [0.3, 0.4) is 0 Å². The zero-order valence-corrected chi connectivity index (χ0v) is 6.68. The molecule has 3 nitrogen and oxygen atoms in total. The highest BCUT2D eigenvalue weighted by molar-refractivity contribution is 5.48. The van der Waals surface area contributed by atoms with E-state index in [-0.39, 0.29) is 5.54 Å². The molecule has 3 fully saturated rings. The minimum Gasteiger partial charge on any atom is -0.353 e. The standard InChI is InChI=1S/C8H14N2O/c11-7-9-8-1-4-10(5-2-8)6-3-8/h7H,1-6H2,(H,9,11). The molecule has 0 aromatic rings. The lowest BCUT2D eigenvalue weighted by atomic mass is 9.80. The maximum absolute atomic E-state index is 10.3. The molecule has 3 heteroatoms. The van der Waals surface area contributed by atoms with E-state index in [0.29, 0.717) is 0 Å². The van der Waals surface area contributed by atoms with Crippen molar-refractivity contribution in [3.05, 3.63) is 0 Å². The van der Waals surface area contributed by atoms with Gasteiger partial charge in [-0.05, 0) is 19.3 Å². The first-order valence-corrected chi connectivity index (χ1v) is 4.28. The second-order valence-corrected chi connectivity index (χ2v) is 3.63.